The van der Waals surface area contributed by atoms with Gasteiger partial charge < -0.3 is 15.2 Å². The lowest BCUT2D eigenvalue weighted by molar-refractivity contribution is -0.125. The smallest absolute Gasteiger partial charge is 0.351 e. The van der Waals surface area contributed by atoms with E-state index in [2.05, 4.69) is 26.2 Å². The van der Waals surface area contributed by atoms with Gasteiger partial charge in [-0.1, -0.05) is 12.1 Å². The van der Waals surface area contributed by atoms with E-state index in [9.17, 15) is 19.5 Å². The first-order valence-electron chi connectivity index (χ1n) is 8.63. The largest absolute Gasteiger partial charge is 0.503 e. The topological polar surface area (TPSA) is 108 Å². The van der Waals surface area contributed by atoms with Gasteiger partial charge in [-0.05, 0) is 58.2 Å². The number of aliphatic imine (C=N–C) groups is 1. The van der Waals surface area contributed by atoms with Gasteiger partial charge in [-0.25, -0.2) is 9.69 Å². The molecule has 0 bridgehead atoms. The second-order valence-electron chi connectivity index (χ2n) is 6.46. The van der Waals surface area contributed by atoms with E-state index in [1.165, 1.54) is 7.11 Å². The highest BCUT2D eigenvalue weighted by molar-refractivity contribution is 9.10. The number of aromatic hydroxyl groups is 1. The van der Waals surface area contributed by atoms with Gasteiger partial charge in [0.25, 0.3) is 5.91 Å². The Morgan fingerprint density at radius 2 is 2.03 bits per heavy atom. The van der Waals surface area contributed by atoms with Gasteiger partial charge in [0.1, 0.15) is 12.3 Å². The lowest BCUT2D eigenvalue weighted by Gasteiger charge is -2.13. The fraction of sp³-hybridized carbons (Fsp3) is 0.200. The first kappa shape index (κ1) is 20.5. The Kier molecular flexibility index (Phi) is 5.97. The highest BCUT2D eigenvalue weighted by Crippen LogP contribution is 2.35. The summed E-state index contributed by atoms with van der Waals surface area (Å²) in [6.45, 7) is 1.46. The van der Waals surface area contributed by atoms with E-state index in [4.69, 9.17) is 4.74 Å². The van der Waals surface area contributed by atoms with Gasteiger partial charge in [0.15, 0.2) is 11.5 Å². The second-order valence-corrected chi connectivity index (χ2v) is 7.31. The number of nitrogens with one attached hydrogen (secondary N) is 1. The summed E-state index contributed by atoms with van der Waals surface area (Å²) in [5.74, 6) is -0.969. The number of carbonyl (C=O) groups is 3. The fourth-order valence-electron chi connectivity index (χ4n) is 2.87. The Morgan fingerprint density at radius 3 is 2.72 bits per heavy atom. The monoisotopic (exact) mass is 459 g/mol. The molecule has 1 aliphatic rings. The van der Waals surface area contributed by atoms with Gasteiger partial charge in [-0.3, -0.25) is 9.59 Å². The van der Waals surface area contributed by atoms with Crippen LogP contribution in [0.5, 0.6) is 11.5 Å². The van der Waals surface area contributed by atoms with Crippen molar-refractivity contribution in [1.29, 1.82) is 0 Å². The lowest BCUT2D eigenvalue weighted by Crippen LogP contribution is -2.39. The number of halogens is 1. The fourth-order valence-corrected chi connectivity index (χ4v) is 3.36. The number of amides is 4. The number of methoxy groups -OCH3 is 1. The van der Waals surface area contributed by atoms with Crippen LogP contribution in [0.3, 0.4) is 0 Å². The average Bonchev–Trinajstić information content (AvgIpc) is 2.92. The predicted octanol–water partition coefficient (Wildman–Crippen LogP) is 3.06. The van der Waals surface area contributed by atoms with E-state index in [0.717, 1.165) is 10.5 Å². The van der Waals surface area contributed by atoms with Crippen molar-refractivity contribution in [2.24, 2.45) is 4.99 Å². The summed E-state index contributed by atoms with van der Waals surface area (Å²) in [5.41, 5.74) is 2.17. The number of phenols is 1. The number of imide groups is 1. The summed E-state index contributed by atoms with van der Waals surface area (Å²) in [6, 6.07) is 9.55. The molecule has 2 N–H and O–H groups in total. The average molecular weight is 460 g/mol. The number of benzene rings is 2. The number of phenolic OH excluding ortho intramolecular Hbond substituents is 1. The highest BCUT2D eigenvalue weighted by Gasteiger charge is 2.34. The van der Waals surface area contributed by atoms with E-state index in [-0.39, 0.29) is 23.6 Å². The maximum Gasteiger partial charge on any atom is 0.351 e. The van der Waals surface area contributed by atoms with Crippen LogP contribution in [0, 0.1) is 6.92 Å². The van der Waals surface area contributed by atoms with Crippen molar-refractivity contribution in [3.63, 3.8) is 0 Å². The van der Waals surface area contributed by atoms with Crippen LogP contribution < -0.4 is 10.1 Å². The first-order chi connectivity index (χ1) is 13.8. The van der Waals surface area contributed by atoms with Crippen LogP contribution in [0.25, 0.3) is 0 Å². The van der Waals surface area contributed by atoms with E-state index in [1.807, 2.05) is 13.0 Å². The van der Waals surface area contributed by atoms with E-state index in [0.29, 0.717) is 15.7 Å². The van der Waals surface area contributed by atoms with E-state index in [1.54, 1.807) is 30.3 Å². The molecule has 150 valence electrons. The summed E-state index contributed by atoms with van der Waals surface area (Å²) in [4.78, 5) is 41.5. The van der Waals surface area contributed by atoms with Crippen LogP contribution in [0.1, 0.15) is 11.1 Å². The van der Waals surface area contributed by atoms with Gasteiger partial charge in [0.05, 0.1) is 11.6 Å². The third-order valence-electron chi connectivity index (χ3n) is 4.24. The van der Waals surface area contributed by atoms with Crippen molar-refractivity contribution in [1.82, 2.24) is 4.90 Å². The minimum atomic E-state index is -0.783. The molecule has 1 heterocycles. The molecular weight excluding hydrogens is 442 g/mol. The predicted molar refractivity (Wildman–Crippen MR) is 110 cm³/mol. The van der Waals surface area contributed by atoms with Crippen molar-refractivity contribution >= 4 is 45.2 Å². The Hall–Kier alpha value is -3.20. The van der Waals surface area contributed by atoms with Gasteiger partial charge in [0.2, 0.25) is 5.91 Å². The van der Waals surface area contributed by atoms with Crippen LogP contribution >= 0.6 is 15.9 Å². The number of urea groups is 1. The molecule has 0 saturated carbocycles. The van der Waals surface area contributed by atoms with Gasteiger partial charge in [-0.2, -0.15) is 4.99 Å². The Morgan fingerprint density at radius 1 is 1.28 bits per heavy atom. The van der Waals surface area contributed by atoms with E-state index < -0.39 is 24.4 Å². The molecule has 0 atom stereocenters. The third kappa shape index (κ3) is 4.62. The molecule has 0 saturated heterocycles. The molecule has 0 radical (unpaired) electrons. The number of hydrogen-bond acceptors (Lipinski definition) is 5. The molecule has 1 aliphatic heterocycles. The van der Waals surface area contributed by atoms with Crippen LogP contribution in [0.2, 0.25) is 0 Å². The molecule has 4 amide bonds. The zero-order chi connectivity index (χ0) is 21.1. The van der Waals surface area contributed by atoms with Crippen molar-refractivity contribution in [3.8, 4) is 11.5 Å². The Labute approximate surface area is 175 Å². The molecule has 9 heteroatoms. The van der Waals surface area contributed by atoms with Crippen LogP contribution in [0.4, 0.5) is 10.5 Å². The molecule has 3 rings (SSSR count). The van der Waals surface area contributed by atoms with Crippen molar-refractivity contribution in [2.75, 3.05) is 19.0 Å². The molecule has 0 unspecified atom stereocenters. The molecule has 0 spiro atoms. The lowest BCUT2D eigenvalue weighted by atomic mass is 10.1. The minimum absolute atomic E-state index is 0.0120. The molecule has 29 heavy (non-hydrogen) atoms. The number of anilines is 1. The maximum absolute atomic E-state index is 12.6. The summed E-state index contributed by atoms with van der Waals surface area (Å²) >= 11 is 3.21. The summed E-state index contributed by atoms with van der Waals surface area (Å²) in [6.07, 6.45) is 0.0514. The number of aryl methyl sites for hydroxylation is 1. The van der Waals surface area contributed by atoms with Gasteiger partial charge >= 0.3 is 6.03 Å². The molecule has 8 nitrogen and oxygen atoms in total. The number of ether oxygens (including phenoxy) is 1. The highest BCUT2D eigenvalue weighted by atomic mass is 79.9. The Balaban J connectivity index is 1.68. The quantitative estimate of drug-likeness (QED) is 0.689. The number of carbonyl (C=O) groups excluding carboxylic acids is 3. The minimum Gasteiger partial charge on any atom is -0.503 e. The zero-order valence-corrected chi connectivity index (χ0v) is 17.3. The zero-order valence-electron chi connectivity index (χ0n) is 15.7. The molecule has 0 aliphatic carbocycles. The van der Waals surface area contributed by atoms with Gasteiger partial charge in [-0.15, -0.1) is 0 Å². The van der Waals surface area contributed by atoms with Crippen molar-refractivity contribution < 1.29 is 24.2 Å². The third-order valence-corrected chi connectivity index (χ3v) is 4.84. The van der Waals surface area contributed by atoms with Crippen LogP contribution in [0.15, 0.2) is 45.9 Å². The normalized spacial score (nSPS) is 13.5. The molecule has 2 aromatic rings. The van der Waals surface area contributed by atoms with Crippen molar-refractivity contribution in [2.45, 2.75) is 13.3 Å². The van der Waals surface area contributed by atoms with Crippen LogP contribution in [-0.4, -0.2) is 47.2 Å². The summed E-state index contributed by atoms with van der Waals surface area (Å²) in [5, 5.41) is 12.5. The number of rotatable bonds is 6. The van der Waals surface area contributed by atoms with Crippen LogP contribution in [-0.2, 0) is 16.0 Å². The second kappa shape index (κ2) is 8.44. The van der Waals surface area contributed by atoms with Crippen molar-refractivity contribution in [3.05, 3.63) is 52.0 Å². The summed E-state index contributed by atoms with van der Waals surface area (Å²) < 4.78 is 5.47. The number of hydrogen-bond donors (Lipinski definition) is 2. The number of nitrogens with zero attached hydrogens (tertiary/aromatic N) is 2. The maximum atomic E-state index is 12.6. The molecule has 0 fully saturated rings. The molecule has 0 aromatic heterocycles. The molecule has 2 aromatic carbocycles. The SMILES string of the molecule is COc1cc(CC2=NC(=O)N(CC(=O)Nc3cccc(C)c3)C2=O)cc(Br)c1O. The summed E-state index contributed by atoms with van der Waals surface area (Å²) in [7, 11) is 1.40. The molecular formula is C20H18BrN3O5. The standard InChI is InChI=1S/C20H18BrN3O5/c1-11-4-3-5-13(6-11)22-17(25)10-24-19(27)15(23-20(24)28)8-12-7-14(21)18(26)16(9-12)29-2/h3-7,9,26H,8,10H2,1-2H3,(H,22,25). The van der Waals surface area contributed by atoms with E-state index >= 15 is 0 Å². The Bertz CT molecular complexity index is 1030. The first-order valence-corrected chi connectivity index (χ1v) is 9.43. The van der Waals surface area contributed by atoms with Gasteiger partial charge in [0, 0.05) is 12.1 Å².